The second kappa shape index (κ2) is 5.49. The molecular formula is C13H16F3NO3S. The average molecular weight is 323 g/mol. The summed E-state index contributed by atoms with van der Waals surface area (Å²) in [7, 11) is -5.38. The molecule has 1 aromatic rings. The first-order valence-electron chi connectivity index (χ1n) is 6.44. The highest BCUT2D eigenvalue weighted by molar-refractivity contribution is 7.92. The molecule has 1 aliphatic heterocycles. The van der Waals surface area contributed by atoms with Gasteiger partial charge in [0.2, 0.25) is 0 Å². The molecule has 1 aliphatic rings. The first-order chi connectivity index (χ1) is 9.66. The van der Waals surface area contributed by atoms with Gasteiger partial charge in [-0.15, -0.1) is 0 Å². The molecule has 0 amide bonds. The van der Waals surface area contributed by atoms with Crippen molar-refractivity contribution in [2.24, 2.45) is 0 Å². The normalized spacial score (nSPS) is 23.2. The van der Waals surface area contributed by atoms with Gasteiger partial charge in [0, 0.05) is 13.2 Å². The minimum absolute atomic E-state index is 0.0634. The Hall–Kier alpha value is -1.28. The number of para-hydroxylation sites is 1. The number of hydrogen-bond donors (Lipinski definition) is 1. The third-order valence-corrected chi connectivity index (χ3v) is 4.98. The molecule has 2 rings (SSSR count). The van der Waals surface area contributed by atoms with E-state index in [9.17, 15) is 21.6 Å². The first-order valence-corrected chi connectivity index (χ1v) is 7.92. The van der Waals surface area contributed by atoms with Gasteiger partial charge in [0.15, 0.2) is 0 Å². The van der Waals surface area contributed by atoms with Crippen LogP contribution in [0.25, 0.3) is 0 Å². The van der Waals surface area contributed by atoms with Gasteiger partial charge >= 0.3 is 5.51 Å². The molecule has 1 atom stereocenters. The summed E-state index contributed by atoms with van der Waals surface area (Å²) in [6, 6.07) is 5.01. The van der Waals surface area contributed by atoms with Crippen molar-refractivity contribution in [3.05, 3.63) is 24.3 Å². The van der Waals surface area contributed by atoms with Crippen LogP contribution in [-0.4, -0.2) is 32.7 Å². The van der Waals surface area contributed by atoms with Crippen molar-refractivity contribution in [1.29, 1.82) is 0 Å². The highest BCUT2D eigenvalue weighted by Crippen LogP contribution is 2.35. The molecule has 0 bridgehead atoms. The standard InChI is InChI=1S/C13H16F3NO3S/c1-12(7-4-8-20-12)9-17-10-5-2-3-6-11(10)21(18,19)13(14,15)16/h2-3,5-6,17H,4,7-9H2,1H3. The Morgan fingerprint density at radius 2 is 2.00 bits per heavy atom. The number of rotatable bonds is 4. The van der Waals surface area contributed by atoms with Gasteiger partial charge in [-0.2, -0.15) is 13.2 Å². The summed E-state index contributed by atoms with van der Waals surface area (Å²) < 4.78 is 66.7. The van der Waals surface area contributed by atoms with Crippen LogP contribution in [0.5, 0.6) is 0 Å². The molecule has 1 aromatic carbocycles. The highest BCUT2D eigenvalue weighted by atomic mass is 32.2. The van der Waals surface area contributed by atoms with Crippen LogP contribution in [0, 0.1) is 0 Å². The Bertz CT molecular complexity index is 607. The van der Waals surface area contributed by atoms with E-state index < -0.39 is 25.8 Å². The number of nitrogens with one attached hydrogen (secondary N) is 1. The predicted octanol–water partition coefficient (Wildman–Crippen LogP) is 2.96. The van der Waals surface area contributed by atoms with Gasteiger partial charge in [-0.1, -0.05) is 12.1 Å². The maximum atomic E-state index is 12.7. The minimum atomic E-state index is -5.38. The Morgan fingerprint density at radius 1 is 1.33 bits per heavy atom. The summed E-state index contributed by atoms with van der Waals surface area (Å²) in [6.07, 6.45) is 1.65. The molecule has 1 fully saturated rings. The van der Waals surface area contributed by atoms with Gasteiger partial charge in [0.1, 0.15) is 0 Å². The van der Waals surface area contributed by atoms with Crippen LogP contribution in [0.3, 0.4) is 0 Å². The maximum Gasteiger partial charge on any atom is 0.501 e. The zero-order chi connectivity index (χ0) is 15.7. The largest absolute Gasteiger partial charge is 0.501 e. The molecule has 1 heterocycles. The molecule has 0 saturated carbocycles. The molecule has 1 unspecified atom stereocenters. The van der Waals surface area contributed by atoms with E-state index in [2.05, 4.69) is 5.32 Å². The topological polar surface area (TPSA) is 55.4 Å². The van der Waals surface area contributed by atoms with E-state index in [-0.39, 0.29) is 12.2 Å². The first kappa shape index (κ1) is 16.1. The van der Waals surface area contributed by atoms with Crippen molar-refractivity contribution in [3.8, 4) is 0 Å². The van der Waals surface area contributed by atoms with Crippen LogP contribution in [0.4, 0.5) is 18.9 Å². The van der Waals surface area contributed by atoms with Crippen molar-refractivity contribution in [2.45, 2.75) is 35.8 Å². The second-order valence-corrected chi connectivity index (χ2v) is 7.11. The van der Waals surface area contributed by atoms with Crippen LogP contribution in [0.1, 0.15) is 19.8 Å². The molecule has 1 saturated heterocycles. The van der Waals surface area contributed by atoms with Crippen molar-refractivity contribution in [1.82, 2.24) is 0 Å². The molecule has 4 nitrogen and oxygen atoms in total. The summed E-state index contributed by atoms with van der Waals surface area (Å²) in [4.78, 5) is -0.765. The molecule has 21 heavy (non-hydrogen) atoms. The van der Waals surface area contributed by atoms with Gasteiger partial charge in [-0.25, -0.2) is 8.42 Å². The zero-order valence-electron chi connectivity index (χ0n) is 11.4. The molecule has 0 aliphatic carbocycles. The molecule has 118 valence electrons. The highest BCUT2D eigenvalue weighted by Gasteiger charge is 2.48. The average Bonchev–Trinajstić information content (AvgIpc) is 2.83. The van der Waals surface area contributed by atoms with Crippen molar-refractivity contribution in [2.75, 3.05) is 18.5 Å². The smallest absolute Gasteiger partial charge is 0.381 e. The van der Waals surface area contributed by atoms with Crippen LogP contribution in [0.15, 0.2) is 29.2 Å². The van der Waals surface area contributed by atoms with E-state index in [0.29, 0.717) is 6.61 Å². The van der Waals surface area contributed by atoms with Gasteiger partial charge in [-0.3, -0.25) is 0 Å². The van der Waals surface area contributed by atoms with Gasteiger partial charge in [0.25, 0.3) is 9.84 Å². The van der Waals surface area contributed by atoms with Gasteiger partial charge in [0.05, 0.1) is 16.2 Å². The SMILES string of the molecule is CC1(CNc2ccccc2S(=O)(=O)C(F)(F)F)CCCO1. The number of alkyl halides is 3. The Morgan fingerprint density at radius 3 is 2.57 bits per heavy atom. The van der Waals surface area contributed by atoms with Crippen LogP contribution >= 0.6 is 0 Å². The number of sulfone groups is 1. The zero-order valence-corrected chi connectivity index (χ0v) is 12.2. The second-order valence-electron chi connectivity index (χ2n) is 5.20. The summed E-state index contributed by atoms with van der Waals surface area (Å²) >= 11 is 0. The lowest BCUT2D eigenvalue weighted by Gasteiger charge is -2.25. The lowest BCUT2D eigenvalue weighted by molar-refractivity contribution is -0.0435. The minimum Gasteiger partial charge on any atom is -0.381 e. The number of ether oxygens (including phenoxy) is 1. The molecule has 8 heteroatoms. The monoisotopic (exact) mass is 323 g/mol. The van der Waals surface area contributed by atoms with Gasteiger partial charge < -0.3 is 10.1 Å². The Kier molecular flexibility index (Phi) is 4.21. The Labute approximate surface area is 121 Å². The Balaban J connectivity index is 2.26. The number of benzene rings is 1. The van der Waals surface area contributed by atoms with Crippen molar-refractivity contribution in [3.63, 3.8) is 0 Å². The fourth-order valence-corrected chi connectivity index (χ4v) is 3.17. The van der Waals surface area contributed by atoms with Crippen molar-refractivity contribution >= 4 is 15.5 Å². The van der Waals surface area contributed by atoms with Gasteiger partial charge in [-0.05, 0) is 31.9 Å². The summed E-state index contributed by atoms with van der Waals surface area (Å²) in [5.41, 5.74) is -5.88. The molecule has 0 radical (unpaired) electrons. The maximum absolute atomic E-state index is 12.7. The predicted molar refractivity (Wildman–Crippen MR) is 71.8 cm³/mol. The lowest BCUT2D eigenvalue weighted by Crippen LogP contribution is -2.33. The molecule has 1 N–H and O–H groups in total. The lowest BCUT2D eigenvalue weighted by atomic mass is 10.0. The van der Waals surface area contributed by atoms with Crippen LogP contribution in [0.2, 0.25) is 0 Å². The van der Waals surface area contributed by atoms with E-state index in [0.717, 1.165) is 18.9 Å². The summed E-state index contributed by atoms with van der Waals surface area (Å²) in [6.45, 7) is 2.69. The number of halogens is 3. The number of anilines is 1. The molecular weight excluding hydrogens is 307 g/mol. The fourth-order valence-electron chi connectivity index (χ4n) is 2.23. The molecule has 0 spiro atoms. The number of hydrogen-bond acceptors (Lipinski definition) is 4. The molecule has 0 aromatic heterocycles. The third kappa shape index (κ3) is 3.32. The van der Waals surface area contributed by atoms with Crippen LogP contribution in [-0.2, 0) is 14.6 Å². The van der Waals surface area contributed by atoms with E-state index in [4.69, 9.17) is 4.74 Å². The third-order valence-electron chi connectivity index (χ3n) is 3.43. The van der Waals surface area contributed by atoms with Crippen LogP contribution < -0.4 is 5.32 Å². The quantitative estimate of drug-likeness (QED) is 0.925. The summed E-state index contributed by atoms with van der Waals surface area (Å²) in [5, 5.41) is 2.77. The van der Waals surface area contributed by atoms with E-state index in [1.165, 1.54) is 18.2 Å². The van der Waals surface area contributed by atoms with E-state index in [1.807, 2.05) is 6.92 Å². The summed E-state index contributed by atoms with van der Waals surface area (Å²) in [5.74, 6) is 0. The fraction of sp³-hybridized carbons (Fsp3) is 0.538. The van der Waals surface area contributed by atoms with E-state index in [1.54, 1.807) is 0 Å². The van der Waals surface area contributed by atoms with E-state index >= 15 is 0 Å². The van der Waals surface area contributed by atoms with Crippen molar-refractivity contribution < 1.29 is 26.3 Å².